The highest BCUT2D eigenvalue weighted by Gasteiger charge is 2.46. The molecule has 1 unspecified atom stereocenters. The molecule has 1 N–H and O–H groups in total. The van der Waals surface area contributed by atoms with Crippen molar-refractivity contribution in [3.63, 3.8) is 0 Å². The molecule has 0 spiro atoms. The predicted octanol–water partition coefficient (Wildman–Crippen LogP) is 3.76. The summed E-state index contributed by atoms with van der Waals surface area (Å²) in [5.74, 6) is -3.10. The van der Waals surface area contributed by atoms with Crippen LogP contribution in [0.15, 0.2) is 53.0 Å². The van der Waals surface area contributed by atoms with E-state index in [9.17, 15) is 14.4 Å². The number of benzene rings is 2. The molecule has 0 radical (unpaired) electrons. The molecular formula is C23H18ClNO6. The first-order valence-corrected chi connectivity index (χ1v) is 9.86. The maximum Gasteiger partial charge on any atom is 0.341 e. The van der Waals surface area contributed by atoms with Gasteiger partial charge in [0.2, 0.25) is 0 Å². The largest absolute Gasteiger partial charge is 0.480 e. The Morgan fingerprint density at radius 3 is 2.52 bits per heavy atom. The zero-order valence-corrected chi connectivity index (χ0v) is 17.5. The smallest absolute Gasteiger partial charge is 0.341 e. The summed E-state index contributed by atoms with van der Waals surface area (Å²) in [5, 5.41) is 8.99. The summed E-state index contributed by atoms with van der Waals surface area (Å²) < 4.78 is 10.2. The summed E-state index contributed by atoms with van der Waals surface area (Å²) in [7, 11) is 1.29. The molecule has 2 atom stereocenters. The van der Waals surface area contributed by atoms with Crippen molar-refractivity contribution in [2.75, 3.05) is 13.7 Å². The number of carboxylic acid groups (broad SMARTS) is 1. The van der Waals surface area contributed by atoms with Gasteiger partial charge in [0.15, 0.2) is 12.4 Å². The van der Waals surface area contributed by atoms with Gasteiger partial charge in [-0.3, -0.25) is 14.6 Å². The van der Waals surface area contributed by atoms with E-state index in [0.29, 0.717) is 28.1 Å². The third-order valence-corrected chi connectivity index (χ3v) is 5.73. The van der Waals surface area contributed by atoms with Gasteiger partial charge >= 0.3 is 11.9 Å². The molecule has 31 heavy (non-hydrogen) atoms. The quantitative estimate of drug-likeness (QED) is 0.711. The molecule has 8 heteroatoms. The Hall–Kier alpha value is -3.45. The number of ketones is 1. The number of hydrogen-bond acceptors (Lipinski definition) is 6. The zero-order chi connectivity index (χ0) is 22.3. The van der Waals surface area contributed by atoms with Crippen LogP contribution in [-0.2, 0) is 14.3 Å². The van der Waals surface area contributed by atoms with Crippen molar-refractivity contribution in [3.8, 4) is 5.75 Å². The molecule has 4 rings (SSSR count). The molecule has 7 nitrogen and oxygen atoms in total. The van der Waals surface area contributed by atoms with Crippen molar-refractivity contribution in [1.29, 1.82) is 0 Å². The van der Waals surface area contributed by atoms with Gasteiger partial charge in [0.1, 0.15) is 11.7 Å². The highest BCUT2D eigenvalue weighted by Crippen LogP contribution is 2.48. The molecule has 0 bridgehead atoms. The van der Waals surface area contributed by atoms with Gasteiger partial charge in [0, 0.05) is 28.3 Å². The Kier molecular flexibility index (Phi) is 5.37. The fraction of sp³-hybridized carbons (Fsp3) is 0.217. The molecule has 1 aliphatic carbocycles. The van der Waals surface area contributed by atoms with Gasteiger partial charge in [-0.25, -0.2) is 4.79 Å². The minimum Gasteiger partial charge on any atom is -0.480 e. The Morgan fingerprint density at radius 1 is 1.16 bits per heavy atom. The van der Waals surface area contributed by atoms with Crippen LogP contribution in [0.3, 0.4) is 0 Å². The Bertz CT molecular complexity index is 1180. The molecule has 0 fully saturated rings. The van der Waals surface area contributed by atoms with Gasteiger partial charge in [0.25, 0.3) is 0 Å². The number of hydrogen-bond donors (Lipinski definition) is 1. The van der Waals surface area contributed by atoms with Crippen LogP contribution >= 0.6 is 11.6 Å². The number of carbonyl (C=O) groups is 3. The standard InChI is InChI=1S/C23H18ClNO6/c1-11-18(23(29)30-2)19(12-7-8-16(15(24)9-12)31-10-17(26)27)20-21(25-11)13-5-3-4-6-14(13)22(20)28/h3-9,18-19H,10H2,1-2H3,(H,26,27)/t18?,19-/m1/s1. The number of ether oxygens (including phenoxy) is 2. The lowest BCUT2D eigenvalue weighted by Crippen LogP contribution is -2.34. The van der Waals surface area contributed by atoms with E-state index in [2.05, 4.69) is 4.99 Å². The third-order valence-electron chi connectivity index (χ3n) is 5.43. The minimum atomic E-state index is -1.13. The van der Waals surface area contributed by atoms with E-state index in [4.69, 9.17) is 26.2 Å². The highest BCUT2D eigenvalue weighted by molar-refractivity contribution is 6.32. The van der Waals surface area contributed by atoms with Crippen molar-refractivity contribution < 1.29 is 29.0 Å². The molecule has 2 aromatic carbocycles. The van der Waals surface area contributed by atoms with E-state index in [0.717, 1.165) is 5.56 Å². The van der Waals surface area contributed by atoms with Crippen LogP contribution in [0, 0.1) is 5.92 Å². The summed E-state index contributed by atoms with van der Waals surface area (Å²) in [4.78, 5) is 41.4. The summed E-state index contributed by atoms with van der Waals surface area (Å²) >= 11 is 6.33. The van der Waals surface area contributed by atoms with E-state index < -0.39 is 30.4 Å². The van der Waals surface area contributed by atoms with Crippen LogP contribution in [0.2, 0.25) is 5.02 Å². The first kappa shape index (κ1) is 20.8. The Morgan fingerprint density at radius 2 is 1.87 bits per heavy atom. The summed E-state index contributed by atoms with van der Waals surface area (Å²) in [6, 6.07) is 12.0. The van der Waals surface area contributed by atoms with Crippen LogP contribution in [0.5, 0.6) is 5.75 Å². The number of nitrogens with zero attached hydrogens (tertiary/aromatic N) is 1. The van der Waals surface area contributed by atoms with Gasteiger partial charge in [-0.2, -0.15) is 0 Å². The van der Waals surface area contributed by atoms with Gasteiger partial charge in [-0.05, 0) is 24.6 Å². The maximum absolute atomic E-state index is 13.3. The van der Waals surface area contributed by atoms with Crippen molar-refractivity contribution in [3.05, 3.63) is 69.8 Å². The number of esters is 1. The second-order valence-corrected chi connectivity index (χ2v) is 7.65. The van der Waals surface area contributed by atoms with Crippen LogP contribution in [0.25, 0.3) is 5.70 Å². The Labute approximate surface area is 183 Å². The Balaban J connectivity index is 1.84. The van der Waals surface area contributed by atoms with Crippen LogP contribution in [0.1, 0.15) is 34.3 Å². The van der Waals surface area contributed by atoms with Gasteiger partial charge in [-0.15, -0.1) is 0 Å². The van der Waals surface area contributed by atoms with Crippen LogP contribution in [-0.4, -0.2) is 42.3 Å². The number of aliphatic imine (C=N–C) groups is 1. The average Bonchev–Trinajstić information content (AvgIpc) is 3.03. The summed E-state index contributed by atoms with van der Waals surface area (Å²) in [5.41, 5.74) is 3.35. The molecule has 0 saturated carbocycles. The lowest BCUT2D eigenvalue weighted by Gasteiger charge is -2.30. The molecule has 1 heterocycles. The molecule has 2 aromatic rings. The molecule has 2 aliphatic rings. The zero-order valence-electron chi connectivity index (χ0n) is 16.7. The number of Topliss-reactive ketones (excluding diaryl/α,β-unsaturated/α-hetero) is 1. The number of fused-ring (bicyclic) bond motifs is 2. The normalized spacial score (nSPS) is 19.5. The molecule has 0 aromatic heterocycles. The van der Waals surface area contributed by atoms with Crippen molar-refractivity contribution in [1.82, 2.24) is 0 Å². The fourth-order valence-corrected chi connectivity index (χ4v) is 4.35. The number of halogens is 1. The number of carboxylic acids is 1. The van der Waals surface area contributed by atoms with Crippen molar-refractivity contribution >= 4 is 40.7 Å². The van der Waals surface area contributed by atoms with Crippen LogP contribution < -0.4 is 4.74 Å². The number of methoxy groups -OCH3 is 1. The number of allylic oxidation sites excluding steroid dienone is 1. The highest BCUT2D eigenvalue weighted by atomic mass is 35.5. The van der Waals surface area contributed by atoms with Crippen LogP contribution in [0.4, 0.5) is 0 Å². The lowest BCUT2D eigenvalue weighted by molar-refractivity contribution is -0.143. The predicted molar refractivity (Wildman–Crippen MR) is 114 cm³/mol. The number of aliphatic carboxylic acids is 1. The summed E-state index contributed by atoms with van der Waals surface area (Å²) in [6.45, 7) is 1.19. The SMILES string of the molecule is COC(=O)C1C(C)=NC2=C(C(=O)c3ccccc32)[C@@H]1c1ccc(OCC(=O)O)c(Cl)c1. The number of carbonyl (C=O) groups excluding carboxylic acids is 2. The monoisotopic (exact) mass is 439 g/mol. The maximum atomic E-state index is 13.3. The first-order valence-electron chi connectivity index (χ1n) is 9.48. The van der Waals surface area contributed by atoms with E-state index in [1.807, 2.05) is 12.1 Å². The molecule has 0 amide bonds. The second kappa shape index (κ2) is 8.00. The van der Waals surface area contributed by atoms with Crippen molar-refractivity contribution in [2.24, 2.45) is 10.9 Å². The second-order valence-electron chi connectivity index (χ2n) is 7.24. The number of rotatable bonds is 5. The average molecular weight is 440 g/mol. The topological polar surface area (TPSA) is 102 Å². The van der Waals surface area contributed by atoms with E-state index >= 15 is 0 Å². The van der Waals surface area contributed by atoms with E-state index in [1.165, 1.54) is 13.2 Å². The molecular weight excluding hydrogens is 422 g/mol. The molecule has 158 valence electrons. The van der Waals surface area contributed by atoms with E-state index in [1.54, 1.807) is 31.2 Å². The minimum absolute atomic E-state index is 0.174. The van der Waals surface area contributed by atoms with Gasteiger partial charge < -0.3 is 14.6 Å². The van der Waals surface area contributed by atoms with Gasteiger partial charge in [0.05, 0.1) is 17.8 Å². The lowest BCUT2D eigenvalue weighted by atomic mass is 9.75. The van der Waals surface area contributed by atoms with E-state index in [-0.39, 0.29) is 16.6 Å². The molecule has 0 saturated heterocycles. The first-order chi connectivity index (χ1) is 14.8. The third kappa shape index (κ3) is 3.51. The van der Waals surface area contributed by atoms with Crippen molar-refractivity contribution in [2.45, 2.75) is 12.8 Å². The summed E-state index contributed by atoms with van der Waals surface area (Å²) in [6.07, 6.45) is 0. The fourth-order valence-electron chi connectivity index (χ4n) is 4.11. The molecule has 1 aliphatic heterocycles. The van der Waals surface area contributed by atoms with Gasteiger partial charge in [-0.1, -0.05) is 41.9 Å².